The van der Waals surface area contributed by atoms with Crippen LogP contribution < -0.4 is 5.73 Å². The highest BCUT2D eigenvalue weighted by atomic mass is 19.4. The van der Waals surface area contributed by atoms with Crippen LogP contribution in [0.3, 0.4) is 0 Å². The average Bonchev–Trinajstić information content (AvgIpc) is 1.83. The topological polar surface area (TPSA) is 46.3 Å². The number of hydrogen-bond donors (Lipinski definition) is 1. The van der Waals surface area contributed by atoms with Crippen molar-refractivity contribution < 1.29 is 18.0 Å². The molecule has 12 heavy (non-hydrogen) atoms. The fourth-order valence-electron chi connectivity index (χ4n) is 0.775. The van der Waals surface area contributed by atoms with Crippen LogP contribution in [-0.4, -0.2) is 23.3 Å². The van der Waals surface area contributed by atoms with Gasteiger partial charge in [-0.05, 0) is 13.3 Å². The smallest absolute Gasteiger partial charge is 0.351 e. The summed E-state index contributed by atoms with van der Waals surface area (Å²) in [5, 5.41) is 0. The molecule has 0 bridgehead atoms. The van der Waals surface area contributed by atoms with Crippen LogP contribution in [0.15, 0.2) is 0 Å². The van der Waals surface area contributed by atoms with Gasteiger partial charge in [0.25, 0.3) is 0 Å². The molecule has 0 aliphatic carbocycles. The minimum Gasteiger partial charge on any atom is -0.351 e. The number of urea groups is 1. The Labute approximate surface area is 68.3 Å². The minimum absolute atomic E-state index is 0.211. The third kappa shape index (κ3) is 2.60. The lowest BCUT2D eigenvalue weighted by molar-refractivity contribution is -0.233. The van der Waals surface area contributed by atoms with Crippen molar-refractivity contribution in [2.45, 2.75) is 32.6 Å². The van der Waals surface area contributed by atoms with E-state index in [1.807, 2.05) is 0 Å². The van der Waals surface area contributed by atoms with E-state index < -0.39 is 18.4 Å². The Morgan fingerprint density at radius 3 is 2.08 bits per heavy atom. The van der Waals surface area contributed by atoms with E-state index >= 15 is 0 Å². The Morgan fingerprint density at radius 2 is 2.00 bits per heavy atom. The number of carbonyl (C=O) groups is 1. The zero-order chi connectivity index (χ0) is 9.94. The summed E-state index contributed by atoms with van der Waals surface area (Å²) in [6.45, 7) is 2.84. The number of alkyl halides is 3. The van der Waals surface area contributed by atoms with E-state index in [0.717, 1.165) is 0 Å². The van der Waals surface area contributed by atoms with Crippen molar-refractivity contribution in [1.82, 2.24) is 4.90 Å². The first-order chi connectivity index (χ1) is 5.30. The molecule has 0 saturated carbocycles. The zero-order valence-electron chi connectivity index (χ0n) is 6.85. The first-order valence-electron chi connectivity index (χ1n) is 3.46. The molecule has 0 saturated heterocycles. The van der Waals surface area contributed by atoms with Crippen LogP contribution in [0.4, 0.5) is 18.0 Å². The third-order valence-corrected chi connectivity index (χ3v) is 1.54. The van der Waals surface area contributed by atoms with E-state index in [-0.39, 0.29) is 11.3 Å². The van der Waals surface area contributed by atoms with Crippen molar-refractivity contribution in [3.63, 3.8) is 0 Å². The van der Waals surface area contributed by atoms with Crippen molar-refractivity contribution in [2.24, 2.45) is 5.73 Å². The molecule has 3 nitrogen and oxygen atoms in total. The van der Waals surface area contributed by atoms with Gasteiger partial charge in [0.1, 0.15) is 0 Å². The van der Waals surface area contributed by atoms with Crippen LogP contribution >= 0.6 is 0 Å². The normalized spacial score (nSPS) is 14.1. The van der Waals surface area contributed by atoms with Gasteiger partial charge in [-0.3, -0.25) is 0 Å². The maximum absolute atomic E-state index is 12.0. The molecule has 0 radical (unpaired) electrons. The maximum Gasteiger partial charge on any atom is 0.488 e. The number of nitrogens with two attached hydrogens (primary N) is 1. The molecule has 2 N–H and O–H groups in total. The van der Waals surface area contributed by atoms with Crippen LogP contribution in [0, 0.1) is 0 Å². The van der Waals surface area contributed by atoms with E-state index in [1.165, 1.54) is 6.92 Å². The fourth-order valence-corrected chi connectivity index (χ4v) is 0.775. The number of primary amides is 1. The Kier molecular flexibility index (Phi) is 3.36. The van der Waals surface area contributed by atoms with Crippen LogP contribution in [-0.2, 0) is 0 Å². The second-order valence-corrected chi connectivity index (χ2v) is 2.43. The van der Waals surface area contributed by atoms with E-state index in [9.17, 15) is 18.0 Å². The molecule has 0 aromatic rings. The number of rotatable bonds is 2. The van der Waals surface area contributed by atoms with Gasteiger partial charge in [0.05, 0.1) is 0 Å². The molecule has 1 atom stereocenters. The predicted octanol–water partition coefficient (Wildman–Crippen LogP) is 1.69. The largest absolute Gasteiger partial charge is 0.488 e. The zero-order valence-corrected chi connectivity index (χ0v) is 6.85. The summed E-state index contributed by atoms with van der Waals surface area (Å²) >= 11 is 0. The molecule has 6 heteroatoms. The third-order valence-electron chi connectivity index (χ3n) is 1.54. The molecule has 2 amide bonds. The molecular weight excluding hydrogens is 173 g/mol. The lowest BCUT2D eigenvalue weighted by atomic mass is 10.2. The number of carbonyl (C=O) groups excluding carboxylic acids is 1. The van der Waals surface area contributed by atoms with Gasteiger partial charge in [-0.2, -0.15) is 0 Å². The summed E-state index contributed by atoms with van der Waals surface area (Å²) in [5.41, 5.74) is 4.57. The molecule has 0 aromatic heterocycles. The van der Waals surface area contributed by atoms with Crippen molar-refractivity contribution in [3.05, 3.63) is 0 Å². The second-order valence-electron chi connectivity index (χ2n) is 2.43. The molecule has 0 aliphatic rings. The van der Waals surface area contributed by atoms with E-state index in [1.54, 1.807) is 6.92 Å². The summed E-state index contributed by atoms with van der Waals surface area (Å²) in [5.74, 6) is 0. The summed E-state index contributed by atoms with van der Waals surface area (Å²) in [7, 11) is 0. The second kappa shape index (κ2) is 3.64. The summed E-state index contributed by atoms with van der Waals surface area (Å²) in [6, 6.07) is -2.38. The average molecular weight is 184 g/mol. The summed E-state index contributed by atoms with van der Waals surface area (Å²) < 4.78 is 36.1. The first kappa shape index (κ1) is 11.1. The Hall–Kier alpha value is -0.940. The van der Waals surface area contributed by atoms with Gasteiger partial charge in [-0.25, -0.2) is 9.69 Å². The molecule has 0 heterocycles. The van der Waals surface area contributed by atoms with Gasteiger partial charge in [0.2, 0.25) is 0 Å². The van der Waals surface area contributed by atoms with E-state index in [2.05, 4.69) is 5.73 Å². The van der Waals surface area contributed by atoms with Gasteiger partial charge < -0.3 is 5.73 Å². The Morgan fingerprint density at radius 1 is 1.58 bits per heavy atom. The monoisotopic (exact) mass is 184 g/mol. The molecule has 0 fully saturated rings. The number of hydrogen-bond acceptors (Lipinski definition) is 1. The lowest BCUT2D eigenvalue weighted by Gasteiger charge is -2.28. The van der Waals surface area contributed by atoms with E-state index in [4.69, 9.17) is 0 Å². The van der Waals surface area contributed by atoms with E-state index in [0.29, 0.717) is 0 Å². The molecular formula is C6H11F3N2O. The van der Waals surface area contributed by atoms with Gasteiger partial charge in [0, 0.05) is 6.04 Å². The fraction of sp³-hybridized carbons (Fsp3) is 0.833. The van der Waals surface area contributed by atoms with Crippen molar-refractivity contribution in [3.8, 4) is 0 Å². The SMILES string of the molecule is CCC(C)N(C(N)=O)C(F)(F)F. The number of nitrogens with zero attached hydrogens (tertiary/aromatic N) is 1. The van der Waals surface area contributed by atoms with Gasteiger partial charge in [-0.1, -0.05) is 6.92 Å². The van der Waals surface area contributed by atoms with Crippen LogP contribution in [0.2, 0.25) is 0 Å². The molecule has 1 unspecified atom stereocenters. The van der Waals surface area contributed by atoms with Crippen molar-refractivity contribution in [2.75, 3.05) is 0 Å². The maximum atomic E-state index is 12.0. The molecule has 0 aliphatic heterocycles. The molecule has 72 valence electrons. The minimum atomic E-state index is -4.68. The van der Waals surface area contributed by atoms with Gasteiger partial charge >= 0.3 is 12.3 Å². The highest BCUT2D eigenvalue weighted by Crippen LogP contribution is 2.24. The van der Waals surface area contributed by atoms with Crippen molar-refractivity contribution >= 4 is 6.03 Å². The predicted molar refractivity (Wildman–Crippen MR) is 37.2 cm³/mol. The standard InChI is InChI=1S/C6H11F3N2O/c1-3-4(2)11(5(10)12)6(7,8)9/h4H,3H2,1-2H3,(H2,10,12). The first-order valence-corrected chi connectivity index (χ1v) is 3.46. The Balaban J connectivity index is 4.56. The van der Waals surface area contributed by atoms with Crippen LogP contribution in [0.1, 0.15) is 20.3 Å². The summed E-state index contributed by atoms with van der Waals surface area (Å²) in [4.78, 5) is 10.1. The number of amides is 2. The number of halogens is 3. The molecule has 0 rings (SSSR count). The van der Waals surface area contributed by atoms with Crippen molar-refractivity contribution in [1.29, 1.82) is 0 Å². The van der Waals surface area contributed by atoms with Gasteiger partial charge in [0.15, 0.2) is 0 Å². The van der Waals surface area contributed by atoms with Crippen LogP contribution in [0.5, 0.6) is 0 Å². The quantitative estimate of drug-likeness (QED) is 0.652. The molecule has 0 spiro atoms. The molecule has 0 aromatic carbocycles. The lowest BCUT2D eigenvalue weighted by Crippen LogP contribution is -2.50. The highest BCUT2D eigenvalue weighted by Gasteiger charge is 2.42. The van der Waals surface area contributed by atoms with Gasteiger partial charge in [-0.15, -0.1) is 13.2 Å². The summed E-state index contributed by atoms with van der Waals surface area (Å²) in [6.07, 6.45) is -4.47. The Bertz CT molecular complexity index is 169. The highest BCUT2D eigenvalue weighted by molar-refractivity contribution is 5.72. The van der Waals surface area contributed by atoms with Crippen LogP contribution in [0.25, 0.3) is 0 Å².